The number of hydrogen-bond acceptors (Lipinski definition) is 1. The van der Waals surface area contributed by atoms with E-state index in [1.165, 1.54) is 0 Å². The Bertz CT molecular complexity index is 482. The van der Waals surface area contributed by atoms with Crippen molar-refractivity contribution in [3.8, 4) is 0 Å². The Morgan fingerprint density at radius 3 is 2.53 bits per heavy atom. The average Bonchev–Trinajstić information content (AvgIpc) is 2.15. The standard InChI is InChI=1S/C13H18N2/c1-9(2)13-7-6-10(3)8-11(4)14-12(5)15-13/h6-9,14H,3,5H2,1-2,4H3. The van der Waals surface area contributed by atoms with Gasteiger partial charge in [-0.3, -0.25) is 0 Å². The third-order valence-corrected chi connectivity index (χ3v) is 2.07. The van der Waals surface area contributed by atoms with Crippen LogP contribution in [0.4, 0.5) is 0 Å². The van der Waals surface area contributed by atoms with Gasteiger partial charge >= 0.3 is 0 Å². The molecule has 0 aliphatic carbocycles. The SMILES string of the molecule is C=c1ccc(C(C)C)nc(=C)[nH]c(C)c1. The van der Waals surface area contributed by atoms with Crippen LogP contribution in [0.15, 0.2) is 18.2 Å². The van der Waals surface area contributed by atoms with Crippen molar-refractivity contribution in [2.75, 3.05) is 0 Å². The molecule has 1 heterocycles. The molecule has 0 bridgehead atoms. The molecular weight excluding hydrogens is 184 g/mol. The first kappa shape index (κ1) is 11.5. The van der Waals surface area contributed by atoms with Gasteiger partial charge in [0.2, 0.25) is 0 Å². The summed E-state index contributed by atoms with van der Waals surface area (Å²) in [7, 11) is 0. The second-order valence-corrected chi connectivity index (χ2v) is 4.00. The van der Waals surface area contributed by atoms with Crippen molar-refractivity contribution >= 4 is 13.2 Å². The van der Waals surface area contributed by atoms with Crippen molar-refractivity contribution < 1.29 is 0 Å². The Balaban J connectivity index is 3.59. The number of aryl methyl sites for hydroxylation is 1. The van der Waals surface area contributed by atoms with Crippen molar-refractivity contribution in [2.24, 2.45) is 0 Å². The summed E-state index contributed by atoms with van der Waals surface area (Å²) < 4.78 is 0. The molecule has 0 aliphatic rings. The van der Waals surface area contributed by atoms with E-state index in [4.69, 9.17) is 0 Å². The Labute approximate surface area is 90.7 Å². The molecule has 0 radical (unpaired) electrons. The van der Waals surface area contributed by atoms with Gasteiger partial charge in [0.25, 0.3) is 0 Å². The zero-order valence-corrected chi connectivity index (χ0v) is 9.67. The minimum Gasteiger partial charge on any atom is -0.345 e. The van der Waals surface area contributed by atoms with Crippen LogP contribution >= 0.6 is 0 Å². The highest BCUT2D eigenvalue weighted by Crippen LogP contribution is 2.06. The molecule has 0 atom stereocenters. The van der Waals surface area contributed by atoms with E-state index in [1.807, 2.05) is 25.1 Å². The molecule has 80 valence electrons. The van der Waals surface area contributed by atoms with E-state index in [0.29, 0.717) is 11.4 Å². The summed E-state index contributed by atoms with van der Waals surface area (Å²) in [6.07, 6.45) is 0. The second kappa shape index (κ2) is 4.78. The Kier molecular flexibility index (Phi) is 3.67. The molecule has 0 aliphatic heterocycles. The van der Waals surface area contributed by atoms with Crippen LogP contribution in [0.1, 0.15) is 31.2 Å². The molecular formula is C13H18N2. The molecule has 0 fully saturated rings. The topological polar surface area (TPSA) is 28.7 Å². The number of hydrogen-bond donors (Lipinski definition) is 1. The summed E-state index contributed by atoms with van der Waals surface area (Å²) in [5.41, 5.74) is 2.69. The number of aromatic nitrogens is 2. The van der Waals surface area contributed by atoms with Crippen LogP contribution < -0.4 is 10.7 Å². The molecule has 0 amide bonds. The summed E-state index contributed by atoms with van der Waals surface area (Å²) in [6.45, 7) is 14.0. The van der Waals surface area contributed by atoms with Crippen LogP contribution in [0.3, 0.4) is 0 Å². The van der Waals surface area contributed by atoms with E-state index < -0.39 is 0 Å². The van der Waals surface area contributed by atoms with Gasteiger partial charge in [-0.1, -0.05) is 33.1 Å². The maximum Gasteiger partial charge on any atom is 0.123 e. The highest BCUT2D eigenvalue weighted by molar-refractivity contribution is 5.12. The highest BCUT2D eigenvalue weighted by atomic mass is 14.8. The monoisotopic (exact) mass is 202 g/mol. The summed E-state index contributed by atoms with van der Waals surface area (Å²) in [5, 5.41) is 0.961. The normalized spacial score (nSPS) is 10.1. The van der Waals surface area contributed by atoms with Crippen LogP contribution in [0.25, 0.3) is 13.2 Å². The first-order valence-corrected chi connectivity index (χ1v) is 5.09. The van der Waals surface area contributed by atoms with Crippen LogP contribution in [-0.4, -0.2) is 9.97 Å². The van der Waals surface area contributed by atoms with Gasteiger partial charge in [0.1, 0.15) is 5.48 Å². The van der Waals surface area contributed by atoms with Gasteiger partial charge in [-0.2, -0.15) is 0 Å². The molecule has 1 rings (SSSR count). The average molecular weight is 202 g/mol. The maximum atomic E-state index is 4.42. The fourth-order valence-electron chi connectivity index (χ4n) is 1.32. The lowest BCUT2D eigenvalue weighted by molar-refractivity contribution is 0.813. The van der Waals surface area contributed by atoms with Crippen molar-refractivity contribution in [3.63, 3.8) is 0 Å². The Hall–Kier alpha value is -1.57. The largest absolute Gasteiger partial charge is 0.345 e. The highest BCUT2D eigenvalue weighted by Gasteiger charge is 1.96. The fourth-order valence-corrected chi connectivity index (χ4v) is 1.32. The van der Waals surface area contributed by atoms with E-state index in [9.17, 15) is 0 Å². The predicted molar refractivity (Wildman–Crippen MR) is 65.3 cm³/mol. The van der Waals surface area contributed by atoms with Crippen LogP contribution in [0, 0.1) is 6.92 Å². The number of nitrogens with zero attached hydrogens (tertiary/aromatic N) is 1. The lowest BCUT2D eigenvalue weighted by Crippen LogP contribution is -2.10. The van der Waals surface area contributed by atoms with Crippen LogP contribution in [0.2, 0.25) is 0 Å². The number of rotatable bonds is 1. The van der Waals surface area contributed by atoms with Crippen molar-refractivity contribution in [2.45, 2.75) is 26.7 Å². The minimum absolute atomic E-state index is 0.381. The Morgan fingerprint density at radius 1 is 1.27 bits per heavy atom. The van der Waals surface area contributed by atoms with Crippen LogP contribution in [0.5, 0.6) is 0 Å². The fraction of sp³-hybridized carbons (Fsp3) is 0.308. The smallest absolute Gasteiger partial charge is 0.123 e. The minimum atomic E-state index is 0.381. The molecule has 2 nitrogen and oxygen atoms in total. The van der Waals surface area contributed by atoms with E-state index in [-0.39, 0.29) is 0 Å². The summed E-state index contributed by atoms with van der Waals surface area (Å²) in [6, 6.07) is 5.94. The van der Waals surface area contributed by atoms with Gasteiger partial charge in [0, 0.05) is 11.4 Å². The van der Waals surface area contributed by atoms with Gasteiger partial charge < -0.3 is 4.98 Å². The molecule has 0 saturated carbocycles. The number of nitrogens with one attached hydrogen (secondary N) is 1. The van der Waals surface area contributed by atoms with Gasteiger partial charge in [0.15, 0.2) is 0 Å². The third-order valence-electron chi connectivity index (χ3n) is 2.07. The molecule has 0 saturated heterocycles. The third kappa shape index (κ3) is 3.58. The van der Waals surface area contributed by atoms with Gasteiger partial charge in [-0.25, -0.2) is 4.98 Å². The molecule has 1 aromatic rings. The zero-order chi connectivity index (χ0) is 11.4. The molecule has 15 heavy (non-hydrogen) atoms. The summed E-state index contributed by atoms with van der Waals surface area (Å²) >= 11 is 0. The molecule has 0 aromatic carbocycles. The van der Waals surface area contributed by atoms with Crippen LogP contribution in [-0.2, 0) is 0 Å². The maximum absolute atomic E-state index is 4.42. The van der Waals surface area contributed by atoms with Crippen molar-refractivity contribution in [1.82, 2.24) is 9.97 Å². The first-order chi connectivity index (χ1) is 6.99. The lowest BCUT2D eigenvalue weighted by Gasteiger charge is -1.99. The molecule has 0 unspecified atom stereocenters. The zero-order valence-electron chi connectivity index (χ0n) is 9.67. The van der Waals surface area contributed by atoms with E-state index in [0.717, 1.165) is 16.6 Å². The molecule has 1 aromatic heterocycles. The second-order valence-electron chi connectivity index (χ2n) is 4.00. The lowest BCUT2D eigenvalue weighted by atomic mass is 10.1. The predicted octanol–water partition coefficient (Wildman–Crippen LogP) is 1.79. The van der Waals surface area contributed by atoms with E-state index in [2.05, 4.69) is 37.0 Å². The van der Waals surface area contributed by atoms with Gasteiger partial charge in [-0.15, -0.1) is 0 Å². The number of aromatic amines is 1. The molecule has 1 N–H and O–H groups in total. The van der Waals surface area contributed by atoms with E-state index >= 15 is 0 Å². The summed E-state index contributed by atoms with van der Waals surface area (Å²) in [5.74, 6) is 0.381. The van der Waals surface area contributed by atoms with Gasteiger partial charge in [-0.05, 0) is 30.2 Å². The quantitative estimate of drug-likeness (QED) is 0.739. The first-order valence-electron chi connectivity index (χ1n) is 5.09. The Morgan fingerprint density at radius 2 is 1.93 bits per heavy atom. The molecule has 2 heteroatoms. The molecule has 0 spiro atoms. The van der Waals surface area contributed by atoms with E-state index in [1.54, 1.807) is 0 Å². The number of H-pyrrole nitrogens is 1. The van der Waals surface area contributed by atoms with Gasteiger partial charge in [0.05, 0.1) is 0 Å². The summed E-state index contributed by atoms with van der Waals surface area (Å²) in [4.78, 5) is 7.54. The van der Waals surface area contributed by atoms with Crippen molar-refractivity contribution in [3.05, 3.63) is 40.3 Å². The van der Waals surface area contributed by atoms with Crippen molar-refractivity contribution in [1.29, 1.82) is 0 Å².